The van der Waals surface area contributed by atoms with E-state index >= 15 is 0 Å². The van der Waals surface area contributed by atoms with Gasteiger partial charge >= 0.3 is 0 Å². The van der Waals surface area contributed by atoms with Gasteiger partial charge in [-0.2, -0.15) is 0 Å². The van der Waals surface area contributed by atoms with Gasteiger partial charge in [0.15, 0.2) is 0 Å². The molecule has 2 aliphatic heterocycles. The first-order chi connectivity index (χ1) is 10.7. The zero-order valence-electron chi connectivity index (χ0n) is 12.8. The number of anilines is 1. The molecule has 2 aliphatic rings. The maximum Gasteiger partial charge on any atom is 0.232 e. The van der Waals surface area contributed by atoms with Gasteiger partial charge in [0.25, 0.3) is 0 Å². The van der Waals surface area contributed by atoms with Crippen molar-refractivity contribution in [3.8, 4) is 0 Å². The molecule has 0 bridgehead atoms. The fourth-order valence-electron chi connectivity index (χ4n) is 3.52. The summed E-state index contributed by atoms with van der Waals surface area (Å²) < 4.78 is 5.42. The third kappa shape index (κ3) is 2.21. The number of ether oxygens (including phenoxy) is 1. The van der Waals surface area contributed by atoms with Gasteiger partial charge in [-0.1, -0.05) is 12.1 Å². The van der Waals surface area contributed by atoms with Crippen LogP contribution in [0.3, 0.4) is 0 Å². The molecule has 1 N–H and O–H groups in total. The fraction of sp³-hybridized carbons (Fsp3) is 0.471. The second-order valence-corrected chi connectivity index (χ2v) is 6.28. The van der Waals surface area contributed by atoms with E-state index in [1.807, 2.05) is 31.4 Å². The van der Waals surface area contributed by atoms with Gasteiger partial charge in [-0.05, 0) is 18.6 Å². The Hall–Kier alpha value is -1.85. The summed E-state index contributed by atoms with van der Waals surface area (Å²) in [5.74, 6) is 0.313. The normalized spacial score (nSPS) is 22.9. The third-order valence-corrected chi connectivity index (χ3v) is 4.94. The van der Waals surface area contributed by atoms with Crippen molar-refractivity contribution in [2.75, 3.05) is 38.3 Å². The van der Waals surface area contributed by atoms with Crippen molar-refractivity contribution in [3.05, 3.63) is 30.5 Å². The van der Waals surface area contributed by atoms with E-state index in [-0.39, 0.29) is 11.8 Å². The van der Waals surface area contributed by atoms with E-state index in [1.54, 1.807) is 4.90 Å². The number of para-hydroxylation sites is 1. The monoisotopic (exact) mass is 299 g/mol. The lowest BCUT2D eigenvalue weighted by Crippen LogP contribution is -2.57. The molecule has 5 heteroatoms. The minimum atomic E-state index is 0.107. The van der Waals surface area contributed by atoms with Crippen molar-refractivity contribution < 1.29 is 9.53 Å². The van der Waals surface area contributed by atoms with Crippen LogP contribution in [0.25, 0.3) is 10.9 Å². The molecule has 116 valence electrons. The molecule has 2 fully saturated rings. The number of nitrogens with zero attached hydrogens (tertiary/aromatic N) is 2. The van der Waals surface area contributed by atoms with Crippen LogP contribution in [0.4, 0.5) is 5.69 Å². The number of carbonyl (C=O) groups is 1. The number of amides is 1. The van der Waals surface area contributed by atoms with Crippen LogP contribution in [0, 0.1) is 5.92 Å². The standard InChI is InChI=1S/C17H21N3O2/c1-19(15-4-2-3-12-5-7-18-16(12)15)17(21)13-9-20(10-13)14-6-8-22-11-14/h2-5,7,13-14,18H,6,8-11H2,1H3. The van der Waals surface area contributed by atoms with E-state index < -0.39 is 0 Å². The Morgan fingerprint density at radius 2 is 2.23 bits per heavy atom. The van der Waals surface area contributed by atoms with Crippen LogP contribution < -0.4 is 4.90 Å². The van der Waals surface area contributed by atoms with Gasteiger partial charge < -0.3 is 14.6 Å². The largest absolute Gasteiger partial charge is 0.380 e. The van der Waals surface area contributed by atoms with Gasteiger partial charge in [0, 0.05) is 44.4 Å². The highest BCUT2D eigenvalue weighted by molar-refractivity contribution is 6.03. The van der Waals surface area contributed by atoms with E-state index in [4.69, 9.17) is 4.74 Å². The van der Waals surface area contributed by atoms with Crippen LogP contribution in [0.2, 0.25) is 0 Å². The van der Waals surface area contributed by atoms with Crippen LogP contribution in [0.15, 0.2) is 30.5 Å². The highest BCUT2D eigenvalue weighted by atomic mass is 16.5. The Kier molecular flexibility index (Phi) is 3.39. The van der Waals surface area contributed by atoms with Crippen LogP contribution in [0.5, 0.6) is 0 Å². The van der Waals surface area contributed by atoms with Crippen molar-refractivity contribution in [3.63, 3.8) is 0 Å². The van der Waals surface area contributed by atoms with E-state index in [0.29, 0.717) is 6.04 Å². The summed E-state index contributed by atoms with van der Waals surface area (Å²) in [5.41, 5.74) is 1.98. The van der Waals surface area contributed by atoms with Gasteiger partial charge in [-0.3, -0.25) is 9.69 Å². The second-order valence-electron chi connectivity index (χ2n) is 6.28. The molecular weight excluding hydrogens is 278 g/mol. The molecule has 2 saturated heterocycles. The summed E-state index contributed by atoms with van der Waals surface area (Å²) in [6.07, 6.45) is 3.01. The number of H-pyrrole nitrogens is 1. The number of aromatic nitrogens is 1. The minimum absolute atomic E-state index is 0.107. The van der Waals surface area contributed by atoms with Crippen LogP contribution in [-0.2, 0) is 9.53 Å². The van der Waals surface area contributed by atoms with Gasteiger partial charge in [-0.25, -0.2) is 0 Å². The highest BCUT2D eigenvalue weighted by Crippen LogP contribution is 2.29. The van der Waals surface area contributed by atoms with E-state index in [1.165, 1.54) is 0 Å². The Morgan fingerprint density at radius 1 is 1.36 bits per heavy atom. The lowest BCUT2D eigenvalue weighted by Gasteiger charge is -2.43. The number of hydrogen-bond acceptors (Lipinski definition) is 3. The Bertz CT molecular complexity index is 684. The molecule has 0 spiro atoms. The summed E-state index contributed by atoms with van der Waals surface area (Å²) in [5, 5.41) is 1.13. The molecule has 1 atom stereocenters. The molecule has 0 saturated carbocycles. The molecule has 1 aromatic heterocycles. The van der Waals surface area contributed by atoms with Crippen molar-refractivity contribution in [1.82, 2.24) is 9.88 Å². The number of benzene rings is 1. The van der Waals surface area contributed by atoms with Crippen LogP contribution >= 0.6 is 0 Å². The molecule has 3 heterocycles. The first-order valence-corrected chi connectivity index (χ1v) is 7.89. The molecule has 4 rings (SSSR count). The van der Waals surface area contributed by atoms with E-state index in [2.05, 4.69) is 16.0 Å². The Balaban J connectivity index is 1.46. The first kappa shape index (κ1) is 13.8. The van der Waals surface area contributed by atoms with Crippen molar-refractivity contribution in [1.29, 1.82) is 0 Å². The predicted molar refractivity (Wildman–Crippen MR) is 86.0 cm³/mol. The van der Waals surface area contributed by atoms with Crippen LogP contribution in [-0.4, -0.2) is 55.2 Å². The Morgan fingerprint density at radius 3 is 3.00 bits per heavy atom. The summed E-state index contributed by atoms with van der Waals surface area (Å²) in [4.78, 5) is 20.1. The number of likely N-dealkylation sites (tertiary alicyclic amines) is 1. The van der Waals surface area contributed by atoms with Gasteiger partial charge in [0.1, 0.15) is 0 Å². The van der Waals surface area contributed by atoms with E-state index in [9.17, 15) is 4.79 Å². The predicted octanol–water partition coefficient (Wildman–Crippen LogP) is 1.85. The molecule has 0 radical (unpaired) electrons. The zero-order valence-corrected chi connectivity index (χ0v) is 12.8. The molecule has 22 heavy (non-hydrogen) atoms. The number of hydrogen-bond donors (Lipinski definition) is 1. The molecular formula is C17H21N3O2. The number of fused-ring (bicyclic) bond motifs is 1. The molecule has 2 aromatic rings. The lowest BCUT2D eigenvalue weighted by molar-refractivity contribution is -0.128. The van der Waals surface area contributed by atoms with Crippen molar-refractivity contribution in [2.24, 2.45) is 5.92 Å². The van der Waals surface area contributed by atoms with Crippen molar-refractivity contribution in [2.45, 2.75) is 12.5 Å². The average molecular weight is 299 g/mol. The molecule has 5 nitrogen and oxygen atoms in total. The highest BCUT2D eigenvalue weighted by Gasteiger charge is 2.39. The third-order valence-electron chi connectivity index (χ3n) is 4.94. The maximum atomic E-state index is 12.7. The first-order valence-electron chi connectivity index (χ1n) is 7.89. The fourth-order valence-corrected chi connectivity index (χ4v) is 3.52. The van der Waals surface area contributed by atoms with Gasteiger partial charge in [0.2, 0.25) is 5.91 Å². The van der Waals surface area contributed by atoms with Gasteiger partial charge in [-0.15, -0.1) is 0 Å². The minimum Gasteiger partial charge on any atom is -0.380 e. The molecule has 1 amide bonds. The quantitative estimate of drug-likeness (QED) is 0.941. The molecule has 1 unspecified atom stereocenters. The second kappa shape index (κ2) is 5.41. The number of nitrogens with one attached hydrogen (secondary N) is 1. The van der Waals surface area contributed by atoms with E-state index in [0.717, 1.165) is 49.3 Å². The maximum absolute atomic E-state index is 12.7. The Labute approximate surface area is 129 Å². The molecule has 0 aliphatic carbocycles. The average Bonchev–Trinajstić information content (AvgIpc) is 3.15. The smallest absolute Gasteiger partial charge is 0.232 e. The number of rotatable bonds is 3. The lowest BCUT2D eigenvalue weighted by atomic mass is 9.95. The summed E-state index contributed by atoms with van der Waals surface area (Å²) >= 11 is 0. The summed E-state index contributed by atoms with van der Waals surface area (Å²) in [7, 11) is 1.87. The zero-order chi connectivity index (χ0) is 15.1. The number of carbonyl (C=O) groups excluding carboxylic acids is 1. The number of aromatic amines is 1. The molecule has 1 aromatic carbocycles. The topological polar surface area (TPSA) is 48.6 Å². The SMILES string of the molecule is CN(C(=O)C1CN(C2CCOC2)C1)c1cccc2cc[nH]c12. The van der Waals surface area contributed by atoms with Crippen molar-refractivity contribution >= 4 is 22.5 Å². The van der Waals surface area contributed by atoms with Crippen LogP contribution in [0.1, 0.15) is 6.42 Å². The van der Waals surface area contributed by atoms with Gasteiger partial charge in [0.05, 0.1) is 23.7 Å². The summed E-state index contributed by atoms with van der Waals surface area (Å²) in [6, 6.07) is 8.60. The summed E-state index contributed by atoms with van der Waals surface area (Å²) in [6.45, 7) is 3.39.